The van der Waals surface area contributed by atoms with Crippen LogP contribution in [0.4, 0.5) is 0 Å². The van der Waals surface area contributed by atoms with Crippen molar-refractivity contribution in [1.82, 2.24) is 4.98 Å². The fourth-order valence-corrected chi connectivity index (χ4v) is 3.56. The van der Waals surface area contributed by atoms with Gasteiger partial charge in [0.2, 0.25) is 5.91 Å². The van der Waals surface area contributed by atoms with Crippen LogP contribution in [-0.2, 0) is 5.41 Å². The molecule has 2 aromatic carbocycles. The number of benzene rings is 2. The number of fused-ring (bicyclic) bond motifs is 5. The molecule has 0 spiro atoms. The molecule has 0 unspecified atom stereocenters. The van der Waals surface area contributed by atoms with Crippen molar-refractivity contribution in [2.75, 3.05) is 0 Å². The number of carbonyl (C=O) groups excluding carboxylic acids is 1. The van der Waals surface area contributed by atoms with Crippen LogP contribution in [0.1, 0.15) is 35.3 Å². The lowest BCUT2D eigenvalue weighted by molar-refractivity contribution is 0.1000. The summed E-state index contributed by atoms with van der Waals surface area (Å²) in [6.45, 7) is 4.39. The van der Waals surface area contributed by atoms with Gasteiger partial charge in [-0.15, -0.1) is 0 Å². The van der Waals surface area contributed by atoms with Gasteiger partial charge in [0, 0.05) is 27.4 Å². The summed E-state index contributed by atoms with van der Waals surface area (Å²) in [7, 11) is 0. The average Bonchev–Trinajstić information content (AvgIpc) is 2.94. The summed E-state index contributed by atoms with van der Waals surface area (Å²) in [6.07, 6.45) is 0. The number of aromatic nitrogens is 1. The number of hydrogen-bond donors (Lipinski definition) is 2. The Balaban J connectivity index is 2.08. The minimum Gasteiger partial charge on any atom is -0.366 e. The molecule has 0 radical (unpaired) electrons. The van der Waals surface area contributed by atoms with Crippen LogP contribution in [0.5, 0.6) is 0 Å². The maximum Gasteiger partial charge on any atom is 0.248 e. The fourth-order valence-electron chi connectivity index (χ4n) is 3.56. The van der Waals surface area contributed by atoms with Crippen molar-refractivity contribution in [2.24, 2.45) is 5.73 Å². The Morgan fingerprint density at radius 3 is 2.67 bits per heavy atom. The molecule has 3 heteroatoms. The predicted octanol–water partition coefficient (Wildman–Crippen LogP) is 3.57. The molecule has 1 aliphatic rings. The first-order valence-electron chi connectivity index (χ1n) is 7.06. The Bertz CT molecular complexity index is 903. The number of nitrogens with two attached hydrogens (primary N) is 1. The van der Waals surface area contributed by atoms with E-state index in [1.807, 2.05) is 18.2 Å². The van der Waals surface area contributed by atoms with Gasteiger partial charge < -0.3 is 10.7 Å². The van der Waals surface area contributed by atoms with E-state index in [0.29, 0.717) is 5.56 Å². The third-order valence-corrected chi connectivity index (χ3v) is 4.58. The fraction of sp³-hybridized carbons (Fsp3) is 0.167. The van der Waals surface area contributed by atoms with Crippen LogP contribution in [0.3, 0.4) is 0 Å². The highest BCUT2D eigenvalue weighted by atomic mass is 16.1. The molecule has 0 atom stereocenters. The van der Waals surface area contributed by atoms with Gasteiger partial charge >= 0.3 is 0 Å². The first-order chi connectivity index (χ1) is 10.00. The quantitative estimate of drug-likeness (QED) is 0.701. The highest BCUT2D eigenvalue weighted by Crippen LogP contribution is 2.51. The number of carbonyl (C=O) groups is 1. The molecule has 0 bridgehead atoms. The summed E-state index contributed by atoms with van der Waals surface area (Å²) >= 11 is 0. The third kappa shape index (κ3) is 1.46. The summed E-state index contributed by atoms with van der Waals surface area (Å²) in [5, 5.41) is 1.24. The van der Waals surface area contributed by atoms with Crippen LogP contribution < -0.4 is 5.73 Å². The van der Waals surface area contributed by atoms with Crippen LogP contribution in [0, 0.1) is 0 Å². The van der Waals surface area contributed by atoms with E-state index in [1.54, 1.807) is 6.07 Å². The number of hydrogen-bond acceptors (Lipinski definition) is 1. The second-order valence-corrected chi connectivity index (χ2v) is 6.17. The molecule has 3 aromatic rings. The maximum absolute atomic E-state index is 11.4. The molecule has 1 aromatic heterocycles. The molecular formula is C18H16N2O. The van der Waals surface area contributed by atoms with Crippen molar-refractivity contribution in [3.63, 3.8) is 0 Å². The topological polar surface area (TPSA) is 58.9 Å². The highest BCUT2D eigenvalue weighted by molar-refractivity contribution is 5.99. The van der Waals surface area contributed by atoms with Crippen molar-refractivity contribution in [3.8, 4) is 11.3 Å². The molecule has 0 fully saturated rings. The van der Waals surface area contributed by atoms with Gasteiger partial charge in [-0.2, -0.15) is 0 Å². The van der Waals surface area contributed by atoms with Crippen molar-refractivity contribution < 1.29 is 4.79 Å². The normalized spacial score (nSPS) is 15.0. The van der Waals surface area contributed by atoms with Crippen molar-refractivity contribution >= 4 is 16.8 Å². The standard InChI is InChI=1S/C18H16N2O/c1-18(2)13-9-10(17(19)21)7-8-11(13)16-15(18)12-5-3-4-6-14(12)20-16/h3-9,20H,1-2H3,(H2,19,21). The molecule has 0 saturated heterocycles. The zero-order valence-corrected chi connectivity index (χ0v) is 12.0. The Morgan fingerprint density at radius 1 is 1.14 bits per heavy atom. The molecule has 21 heavy (non-hydrogen) atoms. The van der Waals surface area contributed by atoms with Gasteiger partial charge in [-0.1, -0.05) is 38.1 Å². The maximum atomic E-state index is 11.4. The SMILES string of the molecule is CC1(C)c2cc(C(N)=O)ccc2-c2[nH]c3ccccc3c21. The van der Waals surface area contributed by atoms with Crippen molar-refractivity contribution in [3.05, 3.63) is 59.2 Å². The lowest BCUT2D eigenvalue weighted by Crippen LogP contribution is -2.17. The number of amides is 1. The number of para-hydroxylation sites is 1. The zero-order valence-electron chi connectivity index (χ0n) is 12.0. The van der Waals surface area contributed by atoms with E-state index in [9.17, 15) is 4.79 Å². The largest absolute Gasteiger partial charge is 0.366 e. The van der Waals surface area contributed by atoms with E-state index < -0.39 is 0 Å². The molecule has 104 valence electrons. The Kier molecular flexibility index (Phi) is 2.18. The molecular weight excluding hydrogens is 260 g/mol. The molecule has 3 nitrogen and oxygen atoms in total. The van der Waals surface area contributed by atoms with Gasteiger partial charge in [0.15, 0.2) is 0 Å². The van der Waals surface area contributed by atoms with Crippen molar-refractivity contribution in [1.29, 1.82) is 0 Å². The lowest BCUT2D eigenvalue weighted by Gasteiger charge is -2.21. The molecule has 4 rings (SSSR count). The number of rotatable bonds is 1. The Hall–Kier alpha value is -2.55. The number of H-pyrrole nitrogens is 1. The molecule has 1 heterocycles. The summed E-state index contributed by atoms with van der Waals surface area (Å²) in [5.74, 6) is -0.381. The van der Waals surface area contributed by atoms with Gasteiger partial charge in [-0.05, 0) is 29.3 Å². The van der Waals surface area contributed by atoms with Crippen LogP contribution in [0.25, 0.3) is 22.2 Å². The zero-order chi connectivity index (χ0) is 14.8. The van der Waals surface area contributed by atoms with Gasteiger partial charge in [-0.3, -0.25) is 4.79 Å². The first kappa shape index (κ1) is 12.2. The Morgan fingerprint density at radius 2 is 1.90 bits per heavy atom. The van der Waals surface area contributed by atoms with E-state index in [1.165, 1.54) is 10.9 Å². The van der Waals surface area contributed by atoms with Gasteiger partial charge in [0.1, 0.15) is 0 Å². The van der Waals surface area contributed by atoms with Gasteiger partial charge in [0.05, 0.1) is 5.69 Å². The predicted molar refractivity (Wildman–Crippen MR) is 84.4 cm³/mol. The van der Waals surface area contributed by atoms with Gasteiger partial charge in [-0.25, -0.2) is 0 Å². The molecule has 1 amide bonds. The third-order valence-electron chi connectivity index (χ3n) is 4.58. The van der Waals surface area contributed by atoms with E-state index in [-0.39, 0.29) is 11.3 Å². The summed E-state index contributed by atoms with van der Waals surface area (Å²) < 4.78 is 0. The number of primary amides is 1. The number of nitrogens with one attached hydrogen (secondary N) is 1. The van der Waals surface area contributed by atoms with Crippen LogP contribution in [0.2, 0.25) is 0 Å². The van der Waals surface area contributed by atoms with Gasteiger partial charge in [0.25, 0.3) is 0 Å². The van der Waals surface area contributed by atoms with E-state index >= 15 is 0 Å². The Labute approximate surface area is 122 Å². The van der Waals surface area contributed by atoms with Crippen LogP contribution in [0.15, 0.2) is 42.5 Å². The highest BCUT2D eigenvalue weighted by Gasteiger charge is 2.38. The molecule has 0 saturated carbocycles. The lowest BCUT2D eigenvalue weighted by atomic mass is 9.81. The summed E-state index contributed by atoms with van der Waals surface area (Å²) in [5.41, 5.74) is 11.8. The minimum absolute atomic E-state index is 0.143. The summed E-state index contributed by atoms with van der Waals surface area (Å²) in [6, 6.07) is 14.1. The van der Waals surface area contributed by atoms with E-state index in [0.717, 1.165) is 22.3 Å². The van der Waals surface area contributed by atoms with Crippen molar-refractivity contribution in [2.45, 2.75) is 19.3 Å². The smallest absolute Gasteiger partial charge is 0.248 e. The molecule has 3 N–H and O–H groups in total. The van der Waals surface area contributed by atoms with Crippen LogP contribution in [-0.4, -0.2) is 10.9 Å². The second-order valence-electron chi connectivity index (χ2n) is 6.17. The number of aromatic amines is 1. The first-order valence-corrected chi connectivity index (χ1v) is 7.06. The van der Waals surface area contributed by atoms with Crippen LogP contribution >= 0.6 is 0 Å². The molecule has 0 aliphatic heterocycles. The van der Waals surface area contributed by atoms with E-state index in [2.05, 4.69) is 37.0 Å². The van der Waals surface area contributed by atoms with E-state index in [4.69, 9.17) is 5.73 Å². The minimum atomic E-state index is -0.381. The summed E-state index contributed by atoms with van der Waals surface area (Å²) in [4.78, 5) is 15.0. The average molecular weight is 276 g/mol. The second kappa shape index (κ2) is 3.76. The monoisotopic (exact) mass is 276 g/mol. The molecule has 1 aliphatic carbocycles.